The quantitative estimate of drug-likeness (QED) is 0.789. The van der Waals surface area contributed by atoms with E-state index < -0.39 is 23.3 Å². The number of piperidine rings is 1. The Balaban J connectivity index is 2.60. The Morgan fingerprint density at radius 3 is 2.20 bits per heavy atom. The summed E-state index contributed by atoms with van der Waals surface area (Å²) in [5.41, 5.74) is -1.85. The average molecular weight is 289 g/mol. The lowest BCUT2D eigenvalue weighted by atomic mass is 9.91. The largest absolute Gasteiger partial charge is 0.479 e. The maximum Gasteiger partial charge on any atom is 0.410 e. The molecule has 1 aliphatic heterocycles. The Morgan fingerprint density at radius 2 is 1.80 bits per heavy atom. The van der Waals surface area contributed by atoms with Crippen molar-refractivity contribution in [2.45, 2.75) is 44.8 Å². The molecule has 0 radical (unpaired) electrons. The van der Waals surface area contributed by atoms with Crippen molar-refractivity contribution in [3.05, 3.63) is 0 Å². The van der Waals surface area contributed by atoms with Crippen molar-refractivity contribution in [1.29, 1.82) is 0 Å². The Morgan fingerprint density at radius 1 is 1.25 bits per heavy atom. The molecule has 7 nitrogen and oxygen atoms in total. The summed E-state index contributed by atoms with van der Waals surface area (Å²) in [5.74, 6) is -1.03. The van der Waals surface area contributed by atoms with Gasteiger partial charge < -0.3 is 24.2 Å². The molecule has 1 saturated heterocycles. The minimum atomic E-state index is -1.28. The Bertz CT molecular complexity index is 354. The predicted molar refractivity (Wildman–Crippen MR) is 70.4 cm³/mol. The molecular weight excluding hydrogens is 266 g/mol. The van der Waals surface area contributed by atoms with E-state index in [0.29, 0.717) is 0 Å². The standard InChI is InChI=1S/C13H23NO6/c1-12(2,3)20-11(17)14-7-5-13(6-8-14,10(15)16)19-9-18-4/h5-9H2,1-4H3,(H,15,16). The molecule has 1 aliphatic rings. The minimum Gasteiger partial charge on any atom is -0.479 e. The smallest absolute Gasteiger partial charge is 0.410 e. The van der Waals surface area contributed by atoms with Crippen molar-refractivity contribution in [2.75, 3.05) is 27.0 Å². The molecular formula is C13H23NO6. The molecule has 1 N–H and O–H groups in total. The number of carbonyl (C=O) groups is 2. The number of carbonyl (C=O) groups excluding carboxylic acids is 1. The first-order valence-corrected chi connectivity index (χ1v) is 6.54. The lowest BCUT2D eigenvalue weighted by Gasteiger charge is -2.38. The number of amides is 1. The van der Waals surface area contributed by atoms with E-state index in [1.165, 1.54) is 12.0 Å². The van der Waals surface area contributed by atoms with Gasteiger partial charge in [-0.2, -0.15) is 0 Å². The van der Waals surface area contributed by atoms with Crippen LogP contribution in [0.4, 0.5) is 4.79 Å². The first kappa shape index (κ1) is 16.7. The number of aliphatic carboxylic acids is 1. The third-order valence-electron chi connectivity index (χ3n) is 3.07. The zero-order valence-corrected chi connectivity index (χ0v) is 12.5. The molecule has 0 saturated carbocycles. The highest BCUT2D eigenvalue weighted by Crippen LogP contribution is 2.27. The monoisotopic (exact) mass is 289 g/mol. The van der Waals surface area contributed by atoms with Crippen LogP contribution in [0.2, 0.25) is 0 Å². The number of ether oxygens (including phenoxy) is 3. The fourth-order valence-electron chi connectivity index (χ4n) is 1.97. The lowest BCUT2D eigenvalue weighted by molar-refractivity contribution is -0.190. The molecule has 0 atom stereocenters. The Hall–Kier alpha value is -1.34. The van der Waals surface area contributed by atoms with Crippen molar-refractivity contribution in [1.82, 2.24) is 4.90 Å². The van der Waals surface area contributed by atoms with E-state index in [1.807, 2.05) is 0 Å². The lowest BCUT2D eigenvalue weighted by Crippen LogP contribution is -2.53. The number of hydrogen-bond acceptors (Lipinski definition) is 5. The zero-order valence-electron chi connectivity index (χ0n) is 12.5. The second-order valence-electron chi connectivity index (χ2n) is 5.82. The van der Waals surface area contributed by atoms with Crippen LogP contribution in [0.3, 0.4) is 0 Å². The molecule has 0 aromatic carbocycles. The van der Waals surface area contributed by atoms with E-state index in [2.05, 4.69) is 0 Å². The summed E-state index contributed by atoms with van der Waals surface area (Å²) in [7, 11) is 1.44. The number of carboxylic acids is 1. The predicted octanol–water partition coefficient (Wildman–Crippen LogP) is 1.46. The van der Waals surface area contributed by atoms with Crippen molar-refractivity contribution in [2.24, 2.45) is 0 Å². The topological polar surface area (TPSA) is 85.3 Å². The van der Waals surface area contributed by atoms with E-state index in [0.717, 1.165) is 0 Å². The first-order chi connectivity index (χ1) is 9.20. The van der Waals surface area contributed by atoms with Crippen LogP contribution in [0.5, 0.6) is 0 Å². The Labute approximate surface area is 118 Å². The van der Waals surface area contributed by atoms with Crippen LogP contribution in [0, 0.1) is 0 Å². The van der Waals surface area contributed by atoms with Crippen LogP contribution in [0.1, 0.15) is 33.6 Å². The number of rotatable bonds is 4. The summed E-state index contributed by atoms with van der Waals surface area (Å²) in [4.78, 5) is 24.8. The van der Waals surface area contributed by atoms with Gasteiger partial charge in [-0.05, 0) is 20.8 Å². The van der Waals surface area contributed by atoms with Gasteiger partial charge in [0.25, 0.3) is 0 Å². The second-order valence-corrected chi connectivity index (χ2v) is 5.82. The van der Waals surface area contributed by atoms with Crippen LogP contribution >= 0.6 is 0 Å². The third-order valence-corrected chi connectivity index (χ3v) is 3.07. The number of carboxylic acid groups (broad SMARTS) is 1. The van der Waals surface area contributed by atoms with E-state index in [9.17, 15) is 14.7 Å². The number of hydrogen-bond donors (Lipinski definition) is 1. The van der Waals surface area contributed by atoms with Gasteiger partial charge >= 0.3 is 12.1 Å². The van der Waals surface area contributed by atoms with Gasteiger partial charge in [-0.25, -0.2) is 9.59 Å². The van der Waals surface area contributed by atoms with Gasteiger partial charge in [-0.15, -0.1) is 0 Å². The van der Waals surface area contributed by atoms with Crippen molar-refractivity contribution in [3.8, 4) is 0 Å². The van der Waals surface area contributed by atoms with Crippen LogP contribution < -0.4 is 0 Å². The van der Waals surface area contributed by atoms with E-state index >= 15 is 0 Å². The Kier molecular flexibility index (Phi) is 5.35. The van der Waals surface area contributed by atoms with Crippen molar-refractivity contribution >= 4 is 12.1 Å². The summed E-state index contributed by atoms with van der Waals surface area (Å²) in [5, 5.41) is 9.31. The van der Waals surface area contributed by atoms with Gasteiger partial charge in [0, 0.05) is 33.0 Å². The summed E-state index contributed by atoms with van der Waals surface area (Å²) in [6, 6.07) is 0. The molecule has 0 bridgehead atoms. The highest BCUT2D eigenvalue weighted by atomic mass is 16.7. The van der Waals surface area contributed by atoms with Gasteiger partial charge in [-0.1, -0.05) is 0 Å². The normalized spacial score (nSPS) is 18.7. The van der Waals surface area contributed by atoms with Crippen molar-refractivity contribution < 1.29 is 28.9 Å². The van der Waals surface area contributed by atoms with Gasteiger partial charge in [-0.3, -0.25) is 0 Å². The molecule has 1 amide bonds. The summed E-state index contributed by atoms with van der Waals surface area (Å²) >= 11 is 0. The minimum absolute atomic E-state index is 0.0846. The van der Waals surface area contributed by atoms with Crippen molar-refractivity contribution in [3.63, 3.8) is 0 Å². The number of methoxy groups -OCH3 is 1. The van der Waals surface area contributed by atoms with Crippen LogP contribution in [-0.2, 0) is 19.0 Å². The molecule has 0 unspecified atom stereocenters. The SMILES string of the molecule is COCOC1(C(=O)O)CCN(C(=O)OC(C)(C)C)CC1. The van der Waals surface area contributed by atoms with Crippen LogP contribution in [0.25, 0.3) is 0 Å². The first-order valence-electron chi connectivity index (χ1n) is 6.54. The molecule has 0 spiro atoms. The maximum absolute atomic E-state index is 11.9. The zero-order chi connectivity index (χ0) is 15.4. The molecule has 1 heterocycles. The average Bonchev–Trinajstić information content (AvgIpc) is 2.34. The second kappa shape index (κ2) is 6.41. The number of likely N-dealkylation sites (tertiary alicyclic amines) is 1. The summed E-state index contributed by atoms with van der Waals surface area (Å²) in [6.07, 6.45) is -0.00110. The number of nitrogens with zero attached hydrogens (tertiary/aromatic N) is 1. The molecule has 116 valence electrons. The van der Waals surface area contributed by atoms with Gasteiger partial charge in [0.05, 0.1) is 0 Å². The van der Waals surface area contributed by atoms with Gasteiger partial charge in [0.1, 0.15) is 12.4 Å². The van der Waals surface area contributed by atoms with E-state index in [4.69, 9.17) is 14.2 Å². The van der Waals surface area contributed by atoms with Crippen LogP contribution in [0.15, 0.2) is 0 Å². The van der Waals surface area contributed by atoms with Crippen LogP contribution in [-0.4, -0.2) is 60.3 Å². The summed E-state index contributed by atoms with van der Waals surface area (Å²) < 4.78 is 15.3. The van der Waals surface area contributed by atoms with E-state index in [-0.39, 0.29) is 32.7 Å². The molecule has 0 aliphatic carbocycles. The highest BCUT2D eigenvalue weighted by molar-refractivity contribution is 5.78. The fraction of sp³-hybridized carbons (Fsp3) is 0.846. The maximum atomic E-state index is 11.9. The molecule has 0 aromatic rings. The van der Waals surface area contributed by atoms with Gasteiger partial charge in [0.2, 0.25) is 0 Å². The fourth-order valence-corrected chi connectivity index (χ4v) is 1.97. The summed E-state index contributed by atoms with van der Waals surface area (Å²) in [6.45, 7) is 5.85. The third kappa shape index (κ3) is 4.35. The molecule has 1 rings (SSSR count). The van der Waals surface area contributed by atoms with E-state index in [1.54, 1.807) is 20.8 Å². The highest BCUT2D eigenvalue weighted by Gasteiger charge is 2.44. The molecule has 20 heavy (non-hydrogen) atoms. The molecule has 1 fully saturated rings. The van der Waals surface area contributed by atoms with Gasteiger partial charge in [0.15, 0.2) is 5.60 Å². The molecule has 7 heteroatoms. The molecule has 0 aromatic heterocycles.